The second-order valence-corrected chi connectivity index (χ2v) is 7.81. The molecule has 1 unspecified atom stereocenters. The van der Waals surface area contributed by atoms with Gasteiger partial charge in [-0.2, -0.15) is 0 Å². The Morgan fingerprint density at radius 1 is 1.36 bits per heavy atom. The Morgan fingerprint density at radius 3 is 2.36 bits per heavy atom. The third-order valence-electron chi connectivity index (χ3n) is 2.83. The van der Waals surface area contributed by atoms with Crippen LogP contribution < -0.4 is 4.83 Å². The van der Waals surface area contributed by atoms with Crippen LogP contribution in [0.4, 0.5) is 0 Å². The minimum Gasteiger partial charge on any atom is -0.248 e. The van der Waals surface area contributed by atoms with E-state index in [0.29, 0.717) is 0 Å². The summed E-state index contributed by atoms with van der Waals surface area (Å²) in [6.07, 6.45) is 4.48. The zero-order chi connectivity index (χ0) is 10.2. The number of nitrogens with one attached hydrogen (secondary N) is 1. The first-order chi connectivity index (χ1) is 6.64. The minimum atomic E-state index is -0.634. The highest BCUT2D eigenvalue weighted by Crippen LogP contribution is 2.64. The molecule has 1 N–H and O–H groups in total. The Kier molecular flexibility index (Phi) is 3.14. The molecule has 5 heteroatoms. The number of hydrogen-bond donors (Lipinski definition) is 1. The van der Waals surface area contributed by atoms with Crippen LogP contribution in [-0.2, 0) is 0 Å². The third-order valence-corrected chi connectivity index (χ3v) is 6.37. The summed E-state index contributed by atoms with van der Waals surface area (Å²) in [5.41, 5.74) is 0. The molecule has 0 aliphatic carbocycles. The second-order valence-electron chi connectivity index (χ2n) is 3.90. The highest BCUT2D eigenvalue weighted by atomic mass is 32.3. The first kappa shape index (κ1) is 10.8. The Bertz CT molecular complexity index is 248. The van der Waals surface area contributed by atoms with E-state index in [9.17, 15) is 0 Å². The average molecular weight is 233 g/mol. The van der Waals surface area contributed by atoms with Gasteiger partial charge >= 0.3 is 0 Å². The van der Waals surface area contributed by atoms with Crippen molar-refractivity contribution in [3.8, 4) is 0 Å². The van der Waals surface area contributed by atoms with Crippen molar-refractivity contribution in [1.82, 2.24) is 14.1 Å². The predicted octanol–water partition coefficient (Wildman–Crippen LogP) is 1.61. The number of piperazine rings is 1. The summed E-state index contributed by atoms with van der Waals surface area (Å²) < 4.78 is 2.42. The topological polar surface area (TPSA) is 18.5 Å². The molecule has 0 aromatic rings. The summed E-state index contributed by atoms with van der Waals surface area (Å²) in [6, 6.07) is 0. The van der Waals surface area contributed by atoms with E-state index in [4.69, 9.17) is 0 Å². The van der Waals surface area contributed by atoms with Crippen molar-refractivity contribution >= 4 is 22.2 Å². The quantitative estimate of drug-likeness (QED) is 0.746. The lowest BCUT2D eigenvalue weighted by Gasteiger charge is -2.36. The van der Waals surface area contributed by atoms with Crippen LogP contribution in [0.3, 0.4) is 0 Å². The second kappa shape index (κ2) is 4.06. The van der Waals surface area contributed by atoms with Crippen molar-refractivity contribution in [3.05, 3.63) is 10.3 Å². The van der Waals surface area contributed by atoms with Crippen molar-refractivity contribution < 1.29 is 0 Å². The van der Waals surface area contributed by atoms with E-state index in [-0.39, 0.29) is 0 Å². The van der Waals surface area contributed by atoms with Crippen molar-refractivity contribution in [2.45, 2.75) is 6.92 Å². The maximum Gasteiger partial charge on any atom is 0.0277 e. The molecule has 82 valence electrons. The van der Waals surface area contributed by atoms with Crippen LogP contribution in [0.1, 0.15) is 6.92 Å². The zero-order valence-electron chi connectivity index (χ0n) is 9.12. The van der Waals surface area contributed by atoms with Crippen molar-refractivity contribution in [2.75, 3.05) is 38.7 Å². The molecule has 2 heterocycles. The van der Waals surface area contributed by atoms with Gasteiger partial charge in [-0.25, -0.2) is 14.1 Å². The standard InChI is InChI=1S/C9H19N3S2/c1-9-8-14(9,3)10-11-4-6-12(13-2)7-5-11/h8,10H,4-7H2,1-3H3. The van der Waals surface area contributed by atoms with E-state index in [1.807, 2.05) is 11.9 Å². The molecule has 0 bridgehead atoms. The summed E-state index contributed by atoms with van der Waals surface area (Å²) in [5.74, 6) is 0. The van der Waals surface area contributed by atoms with Gasteiger partial charge in [0.15, 0.2) is 0 Å². The maximum atomic E-state index is 3.65. The normalized spacial score (nSPS) is 38.9. The lowest BCUT2D eigenvalue weighted by molar-refractivity contribution is 0.177. The van der Waals surface area contributed by atoms with Gasteiger partial charge < -0.3 is 0 Å². The number of hydrogen-bond acceptors (Lipinski definition) is 4. The molecular weight excluding hydrogens is 214 g/mol. The van der Waals surface area contributed by atoms with Crippen LogP contribution in [-0.4, -0.2) is 48.0 Å². The summed E-state index contributed by atoms with van der Waals surface area (Å²) >= 11 is 1.85. The number of hydrazine groups is 1. The Balaban J connectivity index is 1.74. The van der Waals surface area contributed by atoms with Crippen molar-refractivity contribution in [3.63, 3.8) is 0 Å². The molecule has 3 nitrogen and oxygen atoms in total. The summed E-state index contributed by atoms with van der Waals surface area (Å²) in [6.45, 7) is 6.85. The van der Waals surface area contributed by atoms with Gasteiger partial charge in [-0.05, 0) is 29.7 Å². The van der Waals surface area contributed by atoms with Gasteiger partial charge in [-0.1, -0.05) is 11.9 Å². The van der Waals surface area contributed by atoms with Crippen LogP contribution in [0.5, 0.6) is 0 Å². The van der Waals surface area contributed by atoms with E-state index in [0.717, 1.165) is 13.1 Å². The van der Waals surface area contributed by atoms with Crippen LogP contribution in [0.15, 0.2) is 10.3 Å². The summed E-state index contributed by atoms with van der Waals surface area (Å²) in [5, 5.41) is 4.75. The molecule has 1 atom stereocenters. The van der Waals surface area contributed by atoms with Crippen LogP contribution in [0, 0.1) is 0 Å². The molecule has 0 radical (unpaired) electrons. The Morgan fingerprint density at radius 2 is 1.93 bits per heavy atom. The van der Waals surface area contributed by atoms with Gasteiger partial charge in [0.1, 0.15) is 0 Å². The molecule has 0 saturated carbocycles. The molecule has 1 fully saturated rings. The summed E-state index contributed by atoms with van der Waals surface area (Å²) in [7, 11) is -0.634. The highest BCUT2D eigenvalue weighted by Gasteiger charge is 2.32. The van der Waals surface area contributed by atoms with Gasteiger partial charge in [0.2, 0.25) is 0 Å². The third kappa shape index (κ3) is 2.28. The Hall–Kier alpha value is 0.320. The van der Waals surface area contributed by atoms with Crippen molar-refractivity contribution in [2.24, 2.45) is 0 Å². The fourth-order valence-corrected chi connectivity index (χ4v) is 4.13. The smallest absolute Gasteiger partial charge is 0.0277 e. The van der Waals surface area contributed by atoms with Gasteiger partial charge in [0.05, 0.1) is 0 Å². The molecule has 0 spiro atoms. The lowest BCUT2D eigenvalue weighted by Crippen LogP contribution is -2.49. The van der Waals surface area contributed by atoms with Crippen LogP contribution >= 0.6 is 22.2 Å². The molecular formula is C9H19N3S2. The molecule has 0 aromatic carbocycles. The van der Waals surface area contributed by atoms with E-state index in [1.165, 1.54) is 13.1 Å². The monoisotopic (exact) mass is 233 g/mol. The highest BCUT2D eigenvalue weighted by molar-refractivity contribution is 8.42. The molecule has 0 aromatic heterocycles. The van der Waals surface area contributed by atoms with Gasteiger partial charge in [-0.3, -0.25) is 0 Å². The van der Waals surface area contributed by atoms with E-state index in [2.05, 4.69) is 39.0 Å². The molecule has 2 aliphatic rings. The molecule has 0 amide bonds. The minimum absolute atomic E-state index is 0.634. The van der Waals surface area contributed by atoms with E-state index < -0.39 is 10.2 Å². The number of allylic oxidation sites excluding steroid dienone is 1. The van der Waals surface area contributed by atoms with Gasteiger partial charge in [-0.15, -0.1) is 10.2 Å². The predicted molar refractivity (Wildman–Crippen MR) is 67.1 cm³/mol. The lowest BCUT2D eigenvalue weighted by atomic mass is 10.4. The zero-order valence-corrected chi connectivity index (χ0v) is 10.7. The molecule has 1 saturated heterocycles. The maximum absolute atomic E-state index is 3.65. The van der Waals surface area contributed by atoms with E-state index in [1.54, 1.807) is 4.91 Å². The first-order valence-electron chi connectivity index (χ1n) is 4.92. The van der Waals surface area contributed by atoms with Crippen molar-refractivity contribution in [1.29, 1.82) is 0 Å². The van der Waals surface area contributed by atoms with E-state index >= 15 is 0 Å². The number of nitrogens with zero attached hydrogens (tertiary/aromatic N) is 2. The van der Waals surface area contributed by atoms with Gasteiger partial charge in [0.25, 0.3) is 0 Å². The van der Waals surface area contributed by atoms with Crippen LogP contribution in [0.2, 0.25) is 0 Å². The first-order valence-corrected chi connectivity index (χ1v) is 8.21. The van der Waals surface area contributed by atoms with Gasteiger partial charge in [0, 0.05) is 26.2 Å². The summed E-state index contributed by atoms with van der Waals surface area (Å²) in [4.78, 5) is 5.20. The SMILES string of the molecule is CSN1CCN(NS2(C)C=C2C)CC1. The molecule has 2 rings (SSSR count). The largest absolute Gasteiger partial charge is 0.248 e. The number of rotatable bonds is 3. The Labute approximate surface area is 92.5 Å². The molecule has 2 aliphatic heterocycles. The van der Waals surface area contributed by atoms with Crippen LogP contribution in [0.25, 0.3) is 0 Å². The fraction of sp³-hybridized carbons (Fsp3) is 0.778. The average Bonchev–Trinajstić information content (AvgIpc) is 2.75. The fourth-order valence-electron chi connectivity index (χ4n) is 1.64. The molecule has 14 heavy (non-hydrogen) atoms.